The zero-order valence-electron chi connectivity index (χ0n) is 22.2. The van der Waals surface area contributed by atoms with E-state index in [9.17, 15) is 9.18 Å². The van der Waals surface area contributed by atoms with Crippen LogP contribution >= 0.6 is 11.8 Å². The monoisotopic (exact) mass is 507 g/mol. The molecule has 0 saturated carbocycles. The average Bonchev–Trinajstić information content (AvgIpc) is 3.14. The topological polar surface area (TPSA) is 26.8 Å². The molecule has 36 heavy (non-hydrogen) atoms. The molecule has 1 amide bonds. The molecule has 2 aromatic rings. The molecule has 1 heterocycles. The van der Waals surface area contributed by atoms with E-state index in [1.165, 1.54) is 11.0 Å². The largest absolute Gasteiger partial charge is 0.340 e. The smallest absolute Gasteiger partial charge is 0.229 e. The SMILES string of the molecule is CSc1ccc(/C=C2/C(C)=C(C(C)C(=O)N3CCN(CCCN(C)C)CC3)c3cc(F)ccc32)cc1. The number of thioether (sulfide) groups is 1. The Kier molecular flexibility index (Phi) is 8.70. The quantitative estimate of drug-likeness (QED) is 0.434. The van der Waals surface area contributed by atoms with Crippen LogP contribution in [0.2, 0.25) is 0 Å². The summed E-state index contributed by atoms with van der Waals surface area (Å²) in [6.45, 7) is 9.52. The Morgan fingerprint density at radius 3 is 2.42 bits per heavy atom. The van der Waals surface area contributed by atoms with Gasteiger partial charge < -0.3 is 9.80 Å². The van der Waals surface area contributed by atoms with Crippen LogP contribution in [0.25, 0.3) is 17.2 Å². The second-order valence-corrected chi connectivity index (χ2v) is 11.0. The van der Waals surface area contributed by atoms with E-state index in [1.54, 1.807) is 17.8 Å². The third kappa shape index (κ3) is 5.93. The molecule has 0 bridgehead atoms. The van der Waals surface area contributed by atoms with Gasteiger partial charge in [-0.3, -0.25) is 9.69 Å². The molecule has 1 atom stereocenters. The van der Waals surface area contributed by atoms with Gasteiger partial charge in [-0.05, 0) is 117 Å². The highest BCUT2D eigenvalue weighted by molar-refractivity contribution is 7.98. The zero-order chi connectivity index (χ0) is 25.8. The van der Waals surface area contributed by atoms with Crippen molar-refractivity contribution in [1.82, 2.24) is 14.7 Å². The van der Waals surface area contributed by atoms with E-state index in [-0.39, 0.29) is 17.6 Å². The number of rotatable bonds is 8. The highest BCUT2D eigenvalue weighted by Gasteiger charge is 2.33. The van der Waals surface area contributed by atoms with Gasteiger partial charge in [0, 0.05) is 31.1 Å². The van der Waals surface area contributed by atoms with Gasteiger partial charge >= 0.3 is 0 Å². The summed E-state index contributed by atoms with van der Waals surface area (Å²) in [4.78, 5) is 21.5. The Balaban J connectivity index is 1.54. The maximum Gasteiger partial charge on any atom is 0.229 e. The number of fused-ring (bicyclic) bond motifs is 1. The summed E-state index contributed by atoms with van der Waals surface area (Å²) in [5, 5.41) is 0. The number of halogens is 1. The molecule has 0 radical (unpaired) electrons. The van der Waals surface area contributed by atoms with Crippen LogP contribution in [-0.4, -0.2) is 80.2 Å². The number of hydrogen-bond donors (Lipinski definition) is 0. The first-order chi connectivity index (χ1) is 17.3. The van der Waals surface area contributed by atoms with Crippen LogP contribution in [0, 0.1) is 11.7 Å². The van der Waals surface area contributed by atoms with E-state index in [0.29, 0.717) is 0 Å². The van der Waals surface area contributed by atoms with Crippen molar-refractivity contribution >= 4 is 34.9 Å². The number of benzene rings is 2. The molecule has 4 nitrogen and oxygen atoms in total. The molecule has 6 heteroatoms. The lowest BCUT2D eigenvalue weighted by Crippen LogP contribution is -2.50. The van der Waals surface area contributed by atoms with Crippen molar-refractivity contribution in [3.05, 3.63) is 70.5 Å². The van der Waals surface area contributed by atoms with Crippen molar-refractivity contribution in [2.24, 2.45) is 5.92 Å². The van der Waals surface area contributed by atoms with Gasteiger partial charge in [0.2, 0.25) is 5.91 Å². The van der Waals surface area contributed by atoms with Crippen molar-refractivity contribution in [3.63, 3.8) is 0 Å². The molecule has 1 fully saturated rings. The maximum atomic E-state index is 14.4. The van der Waals surface area contributed by atoms with Gasteiger partial charge in [0.05, 0.1) is 5.92 Å². The fraction of sp³-hybridized carbons (Fsp3) is 0.433. The van der Waals surface area contributed by atoms with Gasteiger partial charge in [0.25, 0.3) is 0 Å². The highest BCUT2D eigenvalue weighted by Crippen LogP contribution is 2.46. The van der Waals surface area contributed by atoms with Gasteiger partial charge in [0.15, 0.2) is 0 Å². The van der Waals surface area contributed by atoms with E-state index in [2.05, 4.69) is 67.4 Å². The molecule has 1 aliphatic carbocycles. The molecule has 0 spiro atoms. The first kappa shape index (κ1) is 26.6. The molecule has 0 aromatic heterocycles. The average molecular weight is 508 g/mol. The number of nitrogens with zero attached hydrogens (tertiary/aromatic N) is 3. The lowest BCUT2D eigenvalue weighted by Gasteiger charge is -2.36. The van der Waals surface area contributed by atoms with E-state index < -0.39 is 0 Å². The summed E-state index contributed by atoms with van der Waals surface area (Å²) in [5.41, 5.74) is 6.04. The van der Waals surface area contributed by atoms with Gasteiger partial charge in [-0.15, -0.1) is 11.8 Å². The van der Waals surface area contributed by atoms with Crippen LogP contribution < -0.4 is 0 Å². The van der Waals surface area contributed by atoms with Gasteiger partial charge in [-0.1, -0.05) is 18.2 Å². The summed E-state index contributed by atoms with van der Waals surface area (Å²) < 4.78 is 14.4. The Morgan fingerprint density at radius 2 is 1.78 bits per heavy atom. The van der Waals surface area contributed by atoms with E-state index >= 15 is 0 Å². The van der Waals surface area contributed by atoms with E-state index in [1.807, 2.05) is 17.9 Å². The molecule has 4 rings (SSSR count). The lowest BCUT2D eigenvalue weighted by atomic mass is 9.92. The van der Waals surface area contributed by atoms with Crippen LogP contribution in [0.1, 0.15) is 37.0 Å². The number of carbonyl (C=O) groups excluding carboxylic acids is 1. The second-order valence-electron chi connectivity index (χ2n) is 10.1. The Morgan fingerprint density at radius 1 is 1.08 bits per heavy atom. The van der Waals surface area contributed by atoms with Gasteiger partial charge in [0.1, 0.15) is 5.82 Å². The summed E-state index contributed by atoms with van der Waals surface area (Å²) in [6, 6.07) is 13.4. The Labute approximate surface area is 219 Å². The summed E-state index contributed by atoms with van der Waals surface area (Å²) in [7, 11) is 4.20. The number of piperazine rings is 1. The van der Waals surface area contributed by atoms with Crippen molar-refractivity contribution in [1.29, 1.82) is 0 Å². The van der Waals surface area contributed by atoms with Crippen molar-refractivity contribution in [2.75, 3.05) is 59.6 Å². The summed E-state index contributed by atoms with van der Waals surface area (Å²) in [5.74, 6) is -0.454. The summed E-state index contributed by atoms with van der Waals surface area (Å²) >= 11 is 1.72. The Hall–Kier alpha value is -2.41. The molecular weight excluding hydrogens is 469 g/mol. The van der Waals surface area contributed by atoms with Crippen LogP contribution in [0.4, 0.5) is 4.39 Å². The normalized spacial score (nSPS) is 18.3. The third-order valence-electron chi connectivity index (χ3n) is 7.36. The van der Waals surface area contributed by atoms with E-state index in [0.717, 1.165) is 79.1 Å². The standard InChI is InChI=1S/C30H38FN3OS/c1-21-27(19-23-7-10-25(36-5)11-8-23)26-12-9-24(31)20-28(26)29(21)22(2)30(35)34-17-15-33(16-18-34)14-6-13-32(3)4/h7-12,19-20,22H,6,13-18H2,1-5H3/b27-19-. The number of amides is 1. The fourth-order valence-electron chi connectivity index (χ4n) is 5.33. The van der Waals surface area contributed by atoms with Crippen LogP contribution in [0.5, 0.6) is 0 Å². The molecule has 1 aliphatic heterocycles. The van der Waals surface area contributed by atoms with Crippen LogP contribution in [-0.2, 0) is 4.79 Å². The molecule has 2 aromatic carbocycles. The fourth-order valence-corrected chi connectivity index (χ4v) is 5.74. The molecule has 1 saturated heterocycles. The summed E-state index contributed by atoms with van der Waals surface area (Å²) in [6.07, 6.45) is 5.37. The van der Waals surface area contributed by atoms with Gasteiger partial charge in [-0.2, -0.15) is 0 Å². The predicted molar refractivity (Wildman–Crippen MR) is 150 cm³/mol. The first-order valence-corrected chi connectivity index (χ1v) is 14.0. The van der Waals surface area contributed by atoms with Crippen molar-refractivity contribution in [2.45, 2.75) is 25.2 Å². The van der Waals surface area contributed by atoms with Crippen LogP contribution in [0.3, 0.4) is 0 Å². The predicted octanol–water partition coefficient (Wildman–Crippen LogP) is 5.61. The van der Waals surface area contributed by atoms with Crippen molar-refractivity contribution in [3.8, 4) is 0 Å². The van der Waals surface area contributed by atoms with E-state index in [4.69, 9.17) is 0 Å². The second kappa shape index (κ2) is 11.8. The minimum atomic E-state index is -0.324. The van der Waals surface area contributed by atoms with Crippen LogP contribution in [0.15, 0.2) is 52.9 Å². The minimum absolute atomic E-state index is 0.137. The number of hydrogen-bond acceptors (Lipinski definition) is 4. The molecule has 192 valence electrons. The maximum absolute atomic E-state index is 14.4. The molecule has 2 aliphatic rings. The zero-order valence-corrected chi connectivity index (χ0v) is 23.0. The van der Waals surface area contributed by atoms with Gasteiger partial charge in [-0.25, -0.2) is 4.39 Å². The molecule has 1 unspecified atom stereocenters. The Bertz CT molecular complexity index is 1150. The third-order valence-corrected chi connectivity index (χ3v) is 8.11. The highest BCUT2D eigenvalue weighted by atomic mass is 32.2. The van der Waals surface area contributed by atoms with Crippen molar-refractivity contribution < 1.29 is 9.18 Å². The number of carbonyl (C=O) groups is 1. The first-order valence-electron chi connectivity index (χ1n) is 12.8. The molecule has 0 N–H and O–H groups in total. The lowest BCUT2D eigenvalue weighted by molar-refractivity contribution is -0.135. The number of allylic oxidation sites excluding steroid dienone is 2. The minimum Gasteiger partial charge on any atom is -0.340 e. The molecular formula is C30H38FN3OS.